The molecule has 1 fully saturated rings. The summed E-state index contributed by atoms with van der Waals surface area (Å²) in [4.78, 5) is 15.8. The second-order valence-electron chi connectivity index (χ2n) is 7.39. The summed E-state index contributed by atoms with van der Waals surface area (Å²) in [6, 6.07) is 0. The molecule has 1 atom stereocenters. The molecule has 2 heterocycles. The summed E-state index contributed by atoms with van der Waals surface area (Å²) >= 11 is 0. The van der Waals surface area contributed by atoms with Gasteiger partial charge in [0, 0.05) is 46.7 Å². The lowest BCUT2D eigenvalue weighted by atomic mass is 9.97. The summed E-state index contributed by atoms with van der Waals surface area (Å²) < 4.78 is 7.57. The van der Waals surface area contributed by atoms with E-state index in [0.29, 0.717) is 6.61 Å². The number of nitrogens with zero attached hydrogens (tertiary/aromatic N) is 5. The Balaban J connectivity index is 1.62. The lowest BCUT2D eigenvalue weighted by molar-refractivity contribution is -0.133. The average molecular weight is 335 g/mol. The summed E-state index contributed by atoms with van der Waals surface area (Å²) in [6.45, 7) is 3.65. The molecule has 1 amide bonds. The summed E-state index contributed by atoms with van der Waals surface area (Å²) in [5.41, 5.74) is 2.23. The number of carbonyl (C=O) groups is 1. The number of carbonyl (C=O) groups excluding carboxylic acids is 1. The zero-order valence-corrected chi connectivity index (χ0v) is 15.1. The zero-order chi connectivity index (χ0) is 17.1. The van der Waals surface area contributed by atoms with E-state index in [-0.39, 0.29) is 18.4 Å². The molecule has 1 aliphatic carbocycles. The van der Waals surface area contributed by atoms with Crippen molar-refractivity contribution in [2.45, 2.75) is 38.1 Å². The quantitative estimate of drug-likeness (QED) is 0.776. The molecule has 0 bridgehead atoms. The predicted octanol–water partition coefficient (Wildman–Crippen LogP) is 1.01. The first-order chi connectivity index (χ1) is 11.5. The Hall–Kier alpha value is -1.47. The van der Waals surface area contributed by atoms with E-state index >= 15 is 0 Å². The van der Waals surface area contributed by atoms with Gasteiger partial charge in [-0.25, -0.2) is 0 Å². The molecule has 7 nitrogen and oxygen atoms in total. The van der Waals surface area contributed by atoms with E-state index in [4.69, 9.17) is 4.74 Å². The van der Waals surface area contributed by atoms with Crippen molar-refractivity contribution in [3.8, 4) is 0 Å². The molecule has 0 spiro atoms. The molecule has 1 aromatic heterocycles. The van der Waals surface area contributed by atoms with Crippen LogP contribution in [0.4, 0.5) is 0 Å². The first kappa shape index (κ1) is 17.4. The van der Waals surface area contributed by atoms with E-state index in [2.05, 4.69) is 15.2 Å². The highest BCUT2D eigenvalue weighted by molar-refractivity contribution is 5.76. The maximum atomic E-state index is 11.7. The number of likely N-dealkylation sites (N-methyl/N-ethyl adjacent to an activating group) is 1. The van der Waals surface area contributed by atoms with Gasteiger partial charge in [0.05, 0.1) is 12.3 Å². The van der Waals surface area contributed by atoms with Gasteiger partial charge in [0.1, 0.15) is 12.3 Å². The molecule has 2 aliphatic rings. The molecule has 24 heavy (non-hydrogen) atoms. The molecule has 3 rings (SSSR count). The molecule has 1 saturated carbocycles. The van der Waals surface area contributed by atoms with Gasteiger partial charge in [-0.2, -0.15) is 0 Å². The van der Waals surface area contributed by atoms with E-state index in [1.165, 1.54) is 25.7 Å². The van der Waals surface area contributed by atoms with E-state index < -0.39 is 0 Å². The predicted molar refractivity (Wildman–Crippen MR) is 90.5 cm³/mol. The number of fused-ring (bicyclic) bond motifs is 1. The van der Waals surface area contributed by atoms with Crippen molar-refractivity contribution in [3.05, 3.63) is 11.4 Å². The minimum atomic E-state index is -0.00280. The Morgan fingerprint density at radius 1 is 1.33 bits per heavy atom. The number of ether oxygens (including phenoxy) is 1. The van der Waals surface area contributed by atoms with E-state index in [1.807, 2.05) is 11.7 Å². The van der Waals surface area contributed by atoms with Gasteiger partial charge in [0.25, 0.3) is 0 Å². The number of aromatic nitrogens is 3. The van der Waals surface area contributed by atoms with Crippen LogP contribution in [-0.2, 0) is 23.1 Å². The fourth-order valence-electron chi connectivity index (χ4n) is 3.94. The van der Waals surface area contributed by atoms with Gasteiger partial charge in [-0.3, -0.25) is 14.4 Å². The minimum Gasteiger partial charge on any atom is -0.371 e. The van der Waals surface area contributed by atoms with Gasteiger partial charge >= 0.3 is 0 Å². The van der Waals surface area contributed by atoms with Crippen molar-refractivity contribution < 1.29 is 9.53 Å². The maximum Gasteiger partial charge on any atom is 0.248 e. The molecule has 1 aromatic rings. The number of amides is 1. The Bertz CT molecular complexity index is 565. The molecule has 0 aromatic carbocycles. The van der Waals surface area contributed by atoms with Gasteiger partial charge in [0.2, 0.25) is 5.91 Å². The molecule has 1 unspecified atom stereocenters. The number of rotatable bonds is 6. The third-order valence-electron chi connectivity index (χ3n) is 5.22. The van der Waals surface area contributed by atoms with Crippen LogP contribution in [0.2, 0.25) is 0 Å². The number of hydrogen-bond acceptors (Lipinski definition) is 5. The van der Waals surface area contributed by atoms with E-state index in [9.17, 15) is 4.79 Å². The molecule has 0 N–H and O–H groups in total. The van der Waals surface area contributed by atoms with Gasteiger partial charge in [-0.15, -0.1) is 5.10 Å². The molecule has 0 saturated heterocycles. The minimum absolute atomic E-state index is 0.00280. The van der Waals surface area contributed by atoms with Crippen molar-refractivity contribution in [2.24, 2.45) is 13.0 Å². The van der Waals surface area contributed by atoms with Crippen LogP contribution in [0.1, 0.15) is 43.0 Å². The van der Waals surface area contributed by atoms with Gasteiger partial charge in [-0.1, -0.05) is 18.1 Å². The van der Waals surface area contributed by atoms with Crippen molar-refractivity contribution in [2.75, 3.05) is 40.4 Å². The molecule has 134 valence electrons. The Morgan fingerprint density at radius 3 is 2.79 bits per heavy atom. The number of aryl methyl sites for hydroxylation is 1. The largest absolute Gasteiger partial charge is 0.371 e. The zero-order valence-electron chi connectivity index (χ0n) is 15.1. The first-order valence-electron chi connectivity index (χ1n) is 8.93. The van der Waals surface area contributed by atoms with Crippen LogP contribution in [0.15, 0.2) is 0 Å². The van der Waals surface area contributed by atoms with Gasteiger partial charge < -0.3 is 9.64 Å². The normalized spacial score (nSPS) is 21.9. The lowest BCUT2D eigenvalue weighted by Gasteiger charge is -2.33. The lowest BCUT2D eigenvalue weighted by Crippen LogP contribution is -2.39. The van der Waals surface area contributed by atoms with Gasteiger partial charge in [-0.05, 0) is 18.8 Å². The van der Waals surface area contributed by atoms with E-state index in [0.717, 1.165) is 36.9 Å². The van der Waals surface area contributed by atoms with Crippen molar-refractivity contribution in [3.63, 3.8) is 0 Å². The fraction of sp³-hybridized carbons (Fsp3) is 0.824. The standard InChI is InChI=1S/C17H29N5O2/c1-20(2)16(23)12-24-11-14-9-22(8-13-6-4-5-7-13)10-15-17(14)21(3)19-18-15/h13-14H,4-12H2,1-3H3. The van der Waals surface area contributed by atoms with Gasteiger partial charge in [0.15, 0.2) is 0 Å². The van der Waals surface area contributed by atoms with Crippen LogP contribution in [0.3, 0.4) is 0 Å². The summed E-state index contributed by atoms with van der Waals surface area (Å²) in [6.07, 6.45) is 5.44. The molecular weight excluding hydrogens is 306 g/mol. The summed E-state index contributed by atoms with van der Waals surface area (Å²) in [5.74, 6) is 1.04. The smallest absolute Gasteiger partial charge is 0.248 e. The summed E-state index contributed by atoms with van der Waals surface area (Å²) in [5, 5.41) is 8.54. The fourth-order valence-corrected chi connectivity index (χ4v) is 3.94. The highest BCUT2D eigenvalue weighted by Crippen LogP contribution is 2.31. The molecular formula is C17H29N5O2. The van der Waals surface area contributed by atoms with Crippen LogP contribution in [0.25, 0.3) is 0 Å². The SMILES string of the molecule is CN(C)C(=O)COCC1CN(CC2CCCC2)Cc2nnn(C)c21. The van der Waals surface area contributed by atoms with Crippen molar-refractivity contribution in [1.29, 1.82) is 0 Å². The molecule has 7 heteroatoms. The maximum absolute atomic E-state index is 11.7. The van der Waals surface area contributed by atoms with Crippen LogP contribution in [-0.4, -0.2) is 71.1 Å². The topological polar surface area (TPSA) is 63.5 Å². The average Bonchev–Trinajstić information content (AvgIpc) is 3.17. The van der Waals surface area contributed by atoms with Crippen LogP contribution in [0, 0.1) is 5.92 Å². The molecule has 0 radical (unpaired) electrons. The second kappa shape index (κ2) is 7.61. The highest BCUT2D eigenvalue weighted by atomic mass is 16.5. The molecule has 1 aliphatic heterocycles. The van der Waals surface area contributed by atoms with Crippen molar-refractivity contribution >= 4 is 5.91 Å². The Kier molecular flexibility index (Phi) is 5.50. The first-order valence-corrected chi connectivity index (χ1v) is 8.93. The number of hydrogen-bond donors (Lipinski definition) is 0. The van der Waals surface area contributed by atoms with Crippen LogP contribution in [0.5, 0.6) is 0 Å². The Morgan fingerprint density at radius 2 is 2.08 bits per heavy atom. The van der Waals surface area contributed by atoms with Crippen LogP contribution < -0.4 is 0 Å². The van der Waals surface area contributed by atoms with E-state index in [1.54, 1.807) is 19.0 Å². The second-order valence-corrected chi connectivity index (χ2v) is 7.39. The highest BCUT2D eigenvalue weighted by Gasteiger charge is 2.31. The van der Waals surface area contributed by atoms with Crippen LogP contribution >= 0.6 is 0 Å². The third-order valence-corrected chi connectivity index (χ3v) is 5.22. The Labute approximate surface area is 143 Å². The summed E-state index contributed by atoms with van der Waals surface area (Å²) in [7, 11) is 5.44. The third kappa shape index (κ3) is 3.95. The van der Waals surface area contributed by atoms with Crippen molar-refractivity contribution in [1.82, 2.24) is 24.8 Å². The monoisotopic (exact) mass is 335 g/mol.